The lowest BCUT2D eigenvalue weighted by Crippen LogP contribution is -2.02. The van der Waals surface area contributed by atoms with Gasteiger partial charge in [-0.2, -0.15) is 0 Å². The van der Waals surface area contributed by atoms with Gasteiger partial charge in [0.25, 0.3) is 4.92 Å². The molecule has 1 aromatic carbocycles. The molecule has 0 radical (unpaired) electrons. The smallest absolute Gasteiger partial charge is 0.335 e. The largest absolute Gasteiger partial charge is 0.478 e. The molecule has 1 rings (SSSR count). The van der Waals surface area contributed by atoms with Crippen molar-refractivity contribution < 1.29 is 19.7 Å². The zero-order valence-electron chi connectivity index (χ0n) is 9.85. The second kappa shape index (κ2) is 6.55. The fourth-order valence-electron chi connectivity index (χ4n) is 1.10. The maximum absolute atomic E-state index is 11.0. The molecule has 0 bridgehead atoms. The van der Waals surface area contributed by atoms with Gasteiger partial charge in [-0.1, -0.05) is 13.8 Å². The van der Waals surface area contributed by atoms with Crippen LogP contribution in [0.5, 0.6) is 0 Å². The van der Waals surface area contributed by atoms with Crippen molar-refractivity contribution in [2.24, 2.45) is 0 Å². The third kappa shape index (κ3) is 3.68. The van der Waals surface area contributed by atoms with Crippen LogP contribution in [0, 0.1) is 11.8 Å². The summed E-state index contributed by atoms with van der Waals surface area (Å²) in [6.45, 7) is 5.71. The SMILES string of the molecule is CC.CO[N+](=O)c1cc(C)cc(C(=O)O)c1. The van der Waals surface area contributed by atoms with Crippen molar-refractivity contribution in [3.8, 4) is 0 Å². The number of hydrogen-bond donors (Lipinski definition) is 1. The monoisotopic (exact) mass is 226 g/mol. The van der Waals surface area contributed by atoms with Crippen LogP contribution in [-0.4, -0.2) is 23.1 Å². The highest BCUT2D eigenvalue weighted by atomic mass is 16.8. The van der Waals surface area contributed by atoms with Crippen molar-refractivity contribution in [1.82, 2.24) is 0 Å². The normalized spacial score (nSPS) is 8.75. The molecule has 88 valence electrons. The summed E-state index contributed by atoms with van der Waals surface area (Å²) in [5.74, 6) is -1.07. The van der Waals surface area contributed by atoms with Crippen LogP contribution >= 0.6 is 0 Å². The number of benzene rings is 1. The van der Waals surface area contributed by atoms with Crippen LogP contribution in [0.1, 0.15) is 29.8 Å². The quantitative estimate of drug-likeness (QED) is 0.804. The lowest BCUT2D eigenvalue weighted by Gasteiger charge is -1.96. The third-order valence-corrected chi connectivity index (χ3v) is 1.69. The van der Waals surface area contributed by atoms with Gasteiger partial charge in [0.2, 0.25) is 0 Å². The number of aryl methyl sites for hydroxylation is 1. The summed E-state index contributed by atoms with van der Waals surface area (Å²) in [7, 11) is 1.22. The average molecular weight is 226 g/mol. The molecule has 0 unspecified atom stereocenters. The van der Waals surface area contributed by atoms with Gasteiger partial charge >= 0.3 is 11.7 Å². The number of carboxylic acids is 1. The van der Waals surface area contributed by atoms with Crippen LogP contribution in [0.3, 0.4) is 0 Å². The zero-order chi connectivity index (χ0) is 12.7. The first-order valence-corrected chi connectivity index (χ1v) is 4.91. The number of rotatable bonds is 3. The van der Waals surface area contributed by atoms with Gasteiger partial charge in [-0.15, -0.1) is 0 Å². The minimum Gasteiger partial charge on any atom is -0.478 e. The maximum atomic E-state index is 11.0. The van der Waals surface area contributed by atoms with E-state index in [9.17, 15) is 9.70 Å². The summed E-state index contributed by atoms with van der Waals surface area (Å²) in [6, 6.07) is 4.28. The first kappa shape index (κ1) is 14.1. The second-order valence-corrected chi connectivity index (χ2v) is 2.80. The van der Waals surface area contributed by atoms with Gasteiger partial charge in [0.05, 0.1) is 10.5 Å². The minimum atomic E-state index is -1.07. The van der Waals surface area contributed by atoms with E-state index < -0.39 is 5.97 Å². The Morgan fingerprint density at radius 2 is 1.88 bits per heavy atom. The van der Waals surface area contributed by atoms with Gasteiger partial charge in [-0.25, -0.2) is 9.63 Å². The van der Waals surface area contributed by atoms with Crippen molar-refractivity contribution in [3.05, 3.63) is 34.2 Å². The van der Waals surface area contributed by atoms with Crippen LogP contribution in [0.2, 0.25) is 0 Å². The molecule has 5 heteroatoms. The standard InChI is InChI=1S/C9H9NO4.C2H6/c1-6-3-7(9(11)12)5-8(4-6)10(13)14-2;1-2/h3-5H,1-2H3;1-2H3/p+1. The molecule has 0 fully saturated rings. The van der Waals surface area contributed by atoms with Crippen LogP contribution in [0.4, 0.5) is 5.69 Å². The summed E-state index contributed by atoms with van der Waals surface area (Å²) in [4.78, 5) is 26.4. The van der Waals surface area contributed by atoms with E-state index in [4.69, 9.17) is 5.11 Å². The van der Waals surface area contributed by atoms with Crippen molar-refractivity contribution >= 4 is 11.7 Å². The molecule has 0 amide bonds. The van der Waals surface area contributed by atoms with Crippen molar-refractivity contribution in [2.75, 3.05) is 7.11 Å². The van der Waals surface area contributed by atoms with E-state index in [-0.39, 0.29) is 16.2 Å². The highest BCUT2D eigenvalue weighted by Gasteiger charge is 2.17. The average Bonchev–Trinajstić information content (AvgIpc) is 2.29. The molecule has 0 aliphatic carbocycles. The van der Waals surface area contributed by atoms with Crippen LogP contribution in [-0.2, 0) is 4.84 Å². The molecule has 1 N–H and O–H groups in total. The predicted molar refractivity (Wildman–Crippen MR) is 59.8 cm³/mol. The molecule has 0 saturated carbocycles. The highest BCUT2D eigenvalue weighted by molar-refractivity contribution is 5.88. The summed E-state index contributed by atoms with van der Waals surface area (Å²) >= 11 is 0. The highest BCUT2D eigenvalue weighted by Crippen LogP contribution is 2.17. The fourth-order valence-corrected chi connectivity index (χ4v) is 1.10. The number of carboxylic acid groups (broad SMARTS) is 1. The van der Waals surface area contributed by atoms with E-state index in [0.29, 0.717) is 5.56 Å². The molecule has 0 heterocycles. The fraction of sp³-hybridized carbons (Fsp3) is 0.364. The number of hydrogen-bond acceptors (Lipinski definition) is 3. The lowest BCUT2D eigenvalue weighted by molar-refractivity contribution is -0.736. The van der Waals surface area contributed by atoms with Crippen LogP contribution < -0.4 is 0 Å². The topological polar surface area (TPSA) is 66.6 Å². The third-order valence-electron chi connectivity index (χ3n) is 1.69. The van der Waals surface area contributed by atoms with Gasteiger partial charge in [0.1, 0.15) is 0 Å². The molecule has 0 spiro atoms. The molecule has 16 heavy (non-hydrogen) atoms. The lowest BCUT2D eigenvalue weighted by atomic mass is 10.1. The minimum absolute atomic E-state index is 0.0675. The molecule has 0 aliphatic heterocycles. The number of carbonyl (C=O) groups is 1. The Bertz CT molecular complexity index is 388. The Morgan fingerprint density at radius 1 is 1.31 bits per heavy atom. The van der Waals surface area contributed by atoms with Gasteiger partial charge < -0.3 is 5.11 Å². The number of nitrogens with zero attached hydrogens (tertiary/aromatic N) is 1. The second-order valence-electron chi connectivity index (χ2n) is 2.80. The van der Waals surface area contributed by atoms with E-state index in [2.05, 4.69) is 4.84 Å². The van der Waals surface area contributed by atoms with Gasteiger partial charge in [0, 0.05) is 12.1 Å². The van der Waals surface area contributed by atoms with Gasteiger partial charge in [0.15, 0.2) is 7.11 Å². The summed E-state index contributed by atoms with van der Waals surface area (Å²) in [5.41, 5.74) is 0.931. The maximum Gasteiger partial charge on any atom is 0.335 e. The first-order chi connectivity index (χ1) is 7.54. The van der Waals surface area contributed by atoms with Crippen molar-refractivity contribution in [3.63, 3.8) is 0 Å². The van der Waals surface area contributed by atoms with E-state index >= 15 is 0 Å². The van der Waals surface area contributed by atoms with Crippen molar-refractivity contribution in [1.29, 1.82) is 0 Å². The van der Waals surface area contributed by atoms with Crippen molar-refractivity contribution in [2.45, 2.75) is 20.8 Å². The molecular weight excluding hydrogens is 210 g/mol. The van der Waals surface area contributed by atoms with Crippen LogP contribution in [0.25, 0.3) is 0 Å². The Hall–Kier alpha value is -1.91. The molecular formula is C11H16NO4+. The summed E-state index contributed by atoms with van der Waals surface area (Å²) < 4.78 is 0. The van der Waals surface area contributed by atoms with E-state index in [0.717, 1.165) is 0 Å². The Morgan fingerprint density at radius 3 is 2.31 bits per heavy atom. The molecule has 5 nitrogen and oxygen atoms in total. The number of aromatic carboxylic acids is 1. The Balaban J connectivity index is 0.00000106. The zero-order valence-corrected chi connectivity index (χ0v) is 9.85. The van der Waals surface area contributed by atoms with Gasteiger partial charge in [-0.3, -0.25) is 0 Å². The molecule has 0 atom stereocenters. The molecule has 1 aromatic rings. The molecule has 0 aliphatic rings. The summed E-state index contributed by atoms with van der Waals surface area (Å²) in [5, 5.41) is 8.73. The molecule has 0 aromatic heterocycles. The van der Waals surface area contributed by atoms with Gasteiger partial charge in [-0.05, 0) is 18.6 Å². The summed E-state index contributed by atoms with van der Waals surface area (Å²) in [6.07, 6.45) is 0. The predicted octanol–water partition coefficient (Wildman–Crippen LogP) is 2.69. The van der Waals surface area contributed by atoms with E-state index in [1.54, 1.807) is 13.0 Å². The first-order valence-electron chi connectivity index (χ1n) is 4.91. The van der Waals surface area contributed by atoms with Crippen LogP contribution in [0.15, 0.2) is 18.2 Å². The van der Waals surface area contributed by atoms with E-state index in [1.165, 1.54) is 19.2 Å². The Labute approximate surface area is 94.2 Å². The van der Waals surface area contributed by atoms with E-state index in [1.807, 2.05) is 13.8 Å². The Kier molecular flexibility index (Phi) is 5.77. The molecule has 0 saturated heterocycles.